The van der Waals surface area contributed by atoms with Crippen LogP contribution in [0, 0.1) is 5.82 Å². The van der Waals surface area contributed by atoms with Gasteiger partial charge in [0.05, 0.1) is 6.61 Å². The van der Waals surface area contributed by atoms with Crippen LogP contribution in [0.1, 0.15) is 6.92 Å². The minimum absolute atomic E-state index is 0.107. The van der Waals surface area contributed by atoms with Crippen LogP contribution in [0.5, 0.6) is 11.5 Å². The van der Waals surface area contributed by atoms with Crippen molar-refractivity contribution in [3.8, 4) is 11.5 Å². The minimum Gasteiger partial charge on any atom is -0.504 e. The Bertz CT molecular complexity index is 329. The van der Waals surface area contributed by atoms with Gasteiger partial charge in [0.1, 0.15) is 5.82 Å². The Balaban J connectivity index is 3.21. The van der Waals surface area contributed by atoms with Crippen LogP contribution < -0.4 is 10.2 Å². The second-order valence-corrected chi connectivity index (χ2v) is 2.65. The molecule has 0 radical (unpaired) electrons. The van der Waals surface area contributed by atoms with Gasteiger partial charge in [-0.1, -0.05) is 0 Å². The fourth-order valence-electron chi connectivity index (χ4n) is 1.09. The molecule has 0 fully saturated rings. The molecule has 0 bridgehead atoms. The average molecular weight is 200 g/mol. The van der Waals surface area contributed by atoms with Gasteiger partial charge in [-0.05, 0) is 13.0 Å². The molecule has 0 unspecified atom stereocenters. The van der Waals surface area contributed by atoms with Gasteiger partial charge >= 0.3 is 7.12 Å². The first-order valence-corrected chi connectivity index (χ1v) is 4.07. The molecule has 0 aromatic heterocycles. The third kappa shape index (κ3) is 2.15. The van der Waals surface area contributed by atoms with E-state index in [1.165, 1.54) is 0 Å². The van der Waals surface area contributed by atoms with Gasteiger partial charge in [-0.3, -0.25) is 0 Å². The zero-order valence-corrected chi connectivity index (χ0v) is 7.57. The molecule has 0 aliphatic rings. The van der Waals surface area contributed by atoms with Crippen molar-refractivity contribution in [2.45, 2.75) is 6.92 Å². The second-order valence-electron chi connectivity index (χ2n) is 2.65. The average Bonchev–Trinajstić information content (AvgIpc) is 2.09. The summed E-state index contributed by atoms with van der Waals surface area (Å²) in [5.74, 6) is -1.31. The summed E-state index contributed by atoms with van der Waals surface area (Å²) in [6, 6.07) is 1.74. The van der Waals surface area contributed by atoms with E-state index in [2.05, 4.69) is 0 Å². The normalized spacial score (nSPS) is 10.0. The maximum absolute atomic E-state index is 12.8. The van der Waals surface area contributed by atoms with Gasteiger partial charge in [0, 0.05) is 11.5 Å². The lowest BCUT2D eigenvalue weighted by Gasteiger charge is -2.11. The maximum Gasteiger partial charge on any atom is 0.492 e. The Hall–Kier alpha value is -1.27. The molecule has 0 aliphatic heterocycles. The van der Waals surface area contributed by atoms with E-state index in [0.717, 1.165) is 12.1 Å². The molecule has 1 rings (SSSR count). The Labute approximate surface area is 80.7 Å². The predicted octanol–water partition coefficient (Wildman–Crippen LogP) is -0.390. The topological polar surface area (TPSA) is 69.9 Å². The smallest absolute Gasteiger partial charge is 0.492 e. The number of aromatic hydroxyl groups is 1. The monoisotopic (exact) mass is 200 g/mol. The first kappa shape index (κ1) is 10.8. The molecule has 6 heteroatoms. The van der Waals surface area contributed by atoms with Crippen LogP contribution in [0.3, 0.4) is 0 Å². The molecule has 76 valence electrons. The van der Waals surface area contributed by atoms with Crippen LogP contribution in [0.15, 0.2) is 12.1 Å². The van der Waals surface area contributed by atoms with Crippen LogP contribution in [0.4, 0.5) is 4.39 Å². The first-order valence-electron chi connectivity index (χ1n) is 4.07. The number of rotatable bonds is 3. The van der Waals surface area contributed by atoms with Crippen molar-refractivity contribution in [3.63, 3.8) is 0 Å². The summed E-state index contributed by atoms with van der Waals surface area (Å²) < 4.78 is 17.7. The molecule has 1 aromatic rings. The van der Waals surface area contributed by atoms with Crippen LogP contribution >= 0.6 is 0 Å². The van der Waals surface area contributed by atoms with Gasteiger partial charge in [-0.15, -0.1) is 0 Å². The quantitative estimate of drug-likeness (QED) is 0.581. The largest absolute Gasteiger partial charge is 0.504 e. The molecular weight excluding hydrogens is 190 g/mol. The minimum atomic E-state index is -1.88. The van der Waals surface area contributed by atoms with Gasteiger partial charge < -0.3 is 19.9 Å². The number of ether oxygens (including phenoxy) is 1. The summed E-state index contributed by atoms with van der Waals surface area (Å²) in [5, 5.41) is 27.0. The highest BCUT2D eigenvalue weighted by molar-refractivity contribution is 6.59. The highest BCUT2D eigenvalue weighted by Gasteiger charge is 2.21. The van der Waals surface area contributed by atoms with Crippen molar-refractivity contribution in [1.29, 1.82) is 0 Å². The first-order chi connectivity index (χ1) is 6.56. The molecule has 14 heavy (non-hydrogen) atoms. The van der Waals surface area contributed by atoms with E-state index in [0.29, 0.717) is 0 Å². The van der Waals surface area contributed by atoms with Gasteiger partial charge in [-0.25, -0.2) is 4.39 Å². The molecule has 0 amide bonds. The number of halogens is 1. The van der Waals surface area contributed by atoms with Crippen molar-refractivity contribution < 1.29 is 24.3 Å². The lowest BCUT2D eigenvalue weighted by Crippen LogP contribution is -2.31. The summed E-state index contributed by atoms with van der Waals surface area (Å²) in [6.07, 6.45) is 0. The fourth-order valence-corrected chi connectivity index (χ4v) is 1.09. The zero-order chi connectivity index (χ0) is 10.7. The van der Waals surface area contributed by atoms with E-state index in [9.17, 15) is 9.50 Å². The molecule has 0 saturated heterocycles. The summed E-state index contributed by atoms with van der Waals surface area (Å²) >= 11 is 0. The Morgan fingerprint density at radius 1 is 1.43 bits per heavy atom. The SMILES string of the molecule is CCOc1c(O)cc(F)cc1B(O)O. The van der Waals surface area contributed by atoms with Crippen molar-refractivity contribution >= 4 is 12.6 Å². The third-order valence-corrected chi connectivity index (χ3v) is 1.63. The molecule has 0 aliphatic carbocycles. The molecule has 0 heterocycles. The molecule has 4 nitrogen and oxygen atoms in total. The van der Waals surface area contributed by atoms with Gasteiger partial charge in [0.2, 0.25) is 0 Å². The number of phenolic OH excluding ortho intramolecular Hbond substituents is 1. The molecule has 1 aromatic carbocycles. The Morgan fingerprint density at radius 3 is 2.57 bits per heavy atom. The molecule has 3 N–H and O–H groups in total. The van der Waals surface area contributed by atoms with Crippen molar-refractivity contribution in [2.24, 2.45) is 0 Å². The zero-order valence-electron chi connectivity index (χ0n) is 7.57. The van der Waals surface area contributed by atoms with Gasteiger partial charge in [0.15, 0.2) is 11.5 Å². The number of hydrogen-bond donors (Lipinski definition) is 3. The molecule has 0 saturated carbocycles. The summed E-state index contributed by atoms with van der Waals surface area (Å²) in [6.45, 7) is 1.90. The van der Waals surface area contributed by atoms with E-state index in [-0.39, 0.29) is 17.8 Å². The summed E-state index contributed by atoms with van der Waals surface area (Å²) in [4.78, 5) is 0. The van der Waals surface area contributed by atoms with Crippen molar-refractivity contribution in [1.82, 2.24) is 0 Å². The second kappa shape index (κ2) is 4.30. The molecular formula is C8H10BFO4. The molecule has 0 atom stereocenters. The fraction of sp³-hybridized carbons (Fsp3) is 0.250. The third-order valence-electron chi connectivity index (χ3n) is 1.63. The lowest BCUT2D eigenvalue weighted by atomic mass is 9.79. The lowest BCUT2D eigenvalue weighted by molar-refractivity contribution is 0.317. The van der Waals surface area contributed by atoms with E-state index in [4.69, 9.17) is 14.8 Å². The van der Waals surface area contributed by atoms with E-state index >= 15 is 0 Å². The standard InChI is InChI=1S/C8H10BFO4/c1-2-14-8-6(9(12)13)3-5(10)4-7(8)11/h3-4,11-13H,2H2,1H3. The Kier molecular flexibility index (Phi) is 3.32. The van der Waals surface area contributed by atoms with Crippen molar-refractivity contribution in [3.05, 3.63) is 17.9 Å². The van der Waals surface area contributed by atoms with E-state index < -0.39 is 18.7 Å². The van der Waals surface area contributed by atoms with Crippen LogP contribution in [0.2, 0.25) is 0 Å². The number of hydrogen-bond acceptors (Lipinski definition) is 4. The maximum atomic E-state index is 12.8. The van der Waals surface area contributed by atoms with Gasteiger partial charge in [0.25, 0.3) is 0 Å². The summed E-state index contributed by atoms with van der Waals surface area (Å²) in [7, 11) is -1.88. The number of benzene rings is 1. The van der Waals surface area contributed by atoms with Gasteiger partial charge in [-0.2, -0.15) is 0 Å². The summed E-state index contributed by atoms with van der Waals surface area (Å²) in [5.41, 5.74) is -0.190. The van der Waals surface area contributed by atoms with Crippen LogP contribution in [-0.2, 0) is 0 Å². The van der Waals surface area contributed by atoms with E-state index in [1.54, 1.807) is 6.92 Å². The highest BCUT2D eigenvalue weighted by atomic mass is 19.1. The van der Waals surface area contributed by atoms with Crippen molar-refractivity contribution in [2.75, 3.05) is 6.61 Å². The Morgan fingerprint density at radius 2 is 2.07 bits per heavy atom. The van der Waals surface area contributed by atoms with Crippen LogP contribution in [0.25, 0.3) is 0 Å². The molecule has 0 spiro atoms. The van der Waals surface area contributed by atoms with Crippen LogP contribution in [-0.4, -0.2) is 28.9 Å². The van der Waals surface area contributed by atoms with E-state index in [1.807, 2.05) is 0 Å². The number of phenols is 1. The highest BCUT2D eigenvalue weighted by Crippen LogP contribution is 2.24. The predicted molar refractivity (Wildman–Crippen MR) is 49.1 cm³/mol.